The molecule has 1 aromatic carbocycles. The maximum absolute atomic E-state index is 11.5. The van der Waals surface area contributed by atoms with Gasteiger partial charge >= 0.3 is 10.3 Å². The molecule has 3 aromatic rings. The van der Waals surface area contributed by atoms with Crippen LogP contribution >= 0.6 is 0 Å². The molecule has 5 rings (SSSR count). The molecule has 5 N–H and O–H groups in total. The maximum Gasteiger partial charge on any atom is 0.333 e. The molecule has 0 amide bonds. The number of ether oxygens (including phenoxy) is 3. The van der Waals surface area contributed by atoms with E-state index in [1.807, 2.05) is 12.3 Å². The quantitative estimate of drug-likeness (QED) is 0.229. The highest BCUT2D eigenvalue weighted by Crippen LogP contribution is 2.40. The van der Waals surface area contributed by atoms with E-state index in [2.05, 4.69) is 44.1 Å². The van der Waals surface area contributed by atoms with Crippen molar-refractivity contribution in [3.63, 3.8) is 0 Å². The van der Waals surface area contributed by atoms with E-state index in [0.717, 1.165) is 29.7 Å². The Kier molecular flexibility index (Phi) is 9.63. The van der Waals surface area contributed by atoms with Gasteiger partial charge in [-0.25, -0.2) is 15.1 Å². The summed E-state index contributed by atoms with van der Waals surface area (Å²) in [5, 5.41) is 9.69. The summed E-state index contributed by atoms with van der Waals surface area (Å²) in [7, 11) is -4.06. The van der Waals surface area contributed by atoms with Gasteiger partial charge in [-0.3, -0.25) is 4.18 Å². The molecule has 0 spiro atoms. The lowest BCUT2D eigenvalue weighted by Crippen LogP contribution is -2.27. The molecule has 0 unspecified atom stereocenters. The molecular formula is C27H38N6O6S. The number of nitrogens with one attached hydrogen (secondary N) is 1. The summed E-state index contributed by atoms with van der Waals surface area (Å²) in [5.74, 6) is 0.640. The van der Waals surface area contributed by atoms with Gasteiger partial charge in [0, 0.05) is 24.7 Å². The Hall–Kier alpha value is -2.65. The van der Waals surface area contributed by atoms with Crippen molar-refractivity contribution < 1.29 is 26.8 Å². The topological polar surface area (TPSA) is 166 Å². The average Bonchev–Trinajstić information content (AvgIpc) is 3.66. The number of fused-ring (bicyclic) bond motifs is 2. The Labute approximate surface area is 234 Å². The Bertz CT molecular complexity index is 1370. The van der Waals surface area contributed by atoms with Crippen LogP contribution in [-0.2, 0) is 35.1 Å². The molecular weight excluding hydrogens is 536 g/mol. The van der Waals surface area contributed by atoms with Crippen molar-refractivity contribution in [3.8, 4) is 0 Å². The zero-order valence-electron chi connectivity index (χ0n) is 22.5. The third kappa shape index (κ3) is 7.16. The first-order chi connectivity index (χ1) is 19.4. The molecule has 0 bridgehead atoms. The normalized spacial score (nSPS) is 22.6. The van der Waals surface area contributed by atoms with Crippen LogP contribution in [0.5, 0.6) is 0 Å². The van der Waals surface area contributed by atoms with Crippen molar-refractivity contribution in [1.82, 2.24) is 14.5 Å². The van der Waals surface area contributed by atoms with Crippen LogP contribution < -0.4 is 16.2 Å². The van der Waals surface area contributed by atoms with Gasteiger partial charge in [0.25, 0.3) is 0 Å². The number of anilines is 1. The van der Waals surface area contributed by atoms with Crippen LogP contribution in [0.1, 0.15) is 42.5 Å². The molecule has 2 aliphatic rings. The average molecular weight is 575 g/mol. The van der Waals surface area contributed by atoms with Gasteiger partial charge in [0.05, 0.1) is 57.2 Å². The second kappa shape index (κ2) is 13.3. The lowest BCUT2D eigenvalue weighted by atomic mass is 10.1. The van der Waals surface area contributed by atoms with E-state index in [1.54, 1.807) is 6.33 Å². The van der Waals surface area contributed by atoms with Crippen LogP contribution in [0.25, 0.3) is 11.0 Å². The molecule has 218 valence electrons. The van der Waals surface area contributed by atoms with E-state index >= 15 is 0 Å². The minimum atomic E-state index is -4.06. The Morgan fingerprint density at radius 1 is 1.02 bits per heavy atom. The predicted octanol–water partition coefficient (Wildman–Crippen LogP) is 2.08. The Morgan fingerprint density at radius 2 is 1.82 bits per heavy atom. The number of benzene rings is 1. The zero-order valence-corrected chi connectivity index (χ0v) is 23.3. The lowest BCUT2D eigenvalue weighted by Gasteiger charge is -2.19. The number of hydrogen-bond donors (Lipinski definition) is 3. The standard InChI is InChI=1S/C27H38N6O6S/c28-8-10-36-11-12-37-13-14-38-25-16-21(15-20(25)17-39-40(29,34)35)33-9-7-23-26(30-18-31-27(23)33)32-24-6-5-19-3-1-2-4-22(19)24/h1-4,7,9,18,20-21,24-25H,5-6,8,10-17,28H2,(H2,29,34,35)(H,30,31,32)/t20-,21+,24-,25-/m0/s1. The highest BCUT2D eigenvalue weighted by Gasteiger charge is 2.37. The van der Waals surface area contributed by atoms with Crippen molar-refractivity contribution in [3.05, 3.63) is 54.0 Å². The number of rotatable bonds is 15. The lowest BCUT2D eigenvalue weighted by molar-refractivity contribution is -0.0282. The largest absolute Gasteiger partial charge is 0.378 e. The second-order valence-electron chi connectivity index (χ2n) is 10.2. The number of hydrogen-bond acceptors (Lipinski definition) is 10. The van der Waals surface area contributed by atoms with E-state index in [4.69, 9.17) is 29.3 Å². The monoisotopic (exact) mass is 574 g/mol. The minimum absolute atomic E-state index is 0.0390. The third-order valence-electron chi connectivity index (χ3n) is 7.59. The van der Waals surface area contributed by atoms with Crippen molar-refractivity contribution in [1.29, 1.82) is 0 Å². The molecule has 0 saturated heterocycles. The molecule has 4 atom stereocenters. The minimum Gasteiger partial charge on any atom is -0.378 e. The molecule has 12 nitrogen and oxygen atoms in total. The fourth-order valence-electron chi connectivity index (χ4n) is 5.76. The first-order valence-corrected chi connectivity index (χ1v) is 15.2. The van der Waals surface area contributed by atoms with Crippen LogP contribution in [0, 0.1) is 5.92 Å². The number of aromatic nitrogens is 3. The summed E-state index contributed by atoms with van der Waals surface area (Å²) >= 11 is 0. The highest BCUT2D eigenvalue weighted by molar-refractivity contribution is 7.84. The van der Waals surface area contributed by atoms with Crippen LogP contribution in [-0.4, -0.2) is 75.2 Å². The van der Waals surface area contributed by atoms with Crippen LogP contribution in [0.2, 0.25) is 0 Å². The summed E-state index contributed by atoms with van der Waals surface area (Å²) < 4.78 is 47.1. The van der Waals surface area contributed by atoms with Crippen LogP contribution in [0.3, 0.4) is 0 Å². The Morgan fingerprint density at radius 3 is 2.65 bits per heavy atom. The number of nitrogens with two attached hydrogens (primary N) is 2. The first-order valence-electron chi connectivity index (χ1n) is 13.7. The zero-order chi connectivity index (χ0) is 28.0. The van der Waals surface area contributed by atoms with Gasteiger partial charge in [-0.15, -0.1) is 0 Å². The summed E-state index contributed by atoms with van der Waals surface area (Å²) in [5.41, 5.74) is 8.91. The summed E-state index contributed by atoms with van der Waals surface area (Å²) in [6.45, 7) is 2.62. The van der Waals surface area contributed by atoms with Crippen LogP contribution in [0.15, 0.2) is 42.9 Å². The first kappa shape index (κ1) is 28.9. The summed E-state index contributed by atoms with van der Waals surface area (Å²) in [6.07, 6.45) is 6.76. The molecule has 40 heavy (non-hydrogen) atoms. The van der Waals surface area contributed by atoms with E-state index in [1.165, 1.54) is 11.1 Å². The van der Waals surface area contributed by atoms with Crippen molar-refractivity contribution >= 4 is 27.2 Å². The molecule has 2 aliphatic carbocycles. The fourth-order valence-corrected chi connectivity index (χ4v) is 6.13. The molecule has 1 saturated carbocycles. The van der Waals surface area contributed by atoms with Gasteiger partial charge in [0.2, 0.25) is 0 Å². The number of nitrogens with zero attached hydrogens (tertiary/aromatic N) is 3. The molecule has 0 aliphatic heterocycles. The SMILES string of the molecule is NCCOCCOCCO[C@H]1C[C@H](n2ccc3c(N[C@H]4CCc5ccccc54)ncnc32)C[C@H]1COS(N)(=O)=O. The highest BCUT2D eigenvalue weighted by atomic mass is 32.2. The van der Waals surface area contributed by atoms with Gasteiger partial charge in [0.15, 0.2) is 0 Å². The van der Waals surface area contributed by atoms with Gasteiger partial charge < -0.3 is 29.8 Å². The van der Waals surface area contributed by atoms with E-state index in [9.17, 15) is 8.42 Å². The summed E-state index contributed by atoms with van der Waals surface area (Å²) in [4.78, 5) is 9.16. The smallest absolute Gasteiger partial charge is 0.333 e. The summed E-state index contributed by atoms with van der Waals surface area (Å²) in [6, 6.07) is 10.8. The third-order valence-corrected chi connectivity index (χ3v) is 8.06. The fraction of sp³-hybridized carbons (Fsp3) is 0.556. The predicted molar refractivity (Wildman–Crippen MR) is 150 cm³/mol. The molecule has 13 heteroatoms. The van der Waals surface area contributed by atoms with Crippen molar-refractivity contribution in [2.45, 2.75) is 43.9 Å². The van der Waals surface area contributed by atoms with Crippen molar-refractivity contribution in [2.24, 2.45) is 16.8 Å². The second-order valence-corrected chi connectivity index (χ2v) is 11.4. The molecule has 2 aromatic heterocycles. The van der Waals surface area contributed by atoms with Crippen LogP contribution in [0.4, 0.5) is 5.82 Å². The van der Waals surface area contributed by atoms with E-state index in [0.29, 0.717) is 52.4 Å². The number of aryl methyl sites for hydroxylation is 1. The molecule has 1 fully saturated rings. The van der Waals surface area contributed by atoms with E-state index < -0.39 is 10.3 Å². The van der Waals surface area contributed by atoms with Gasteiger partial charge in [0.1, 0.15) is 17.8 Å². The van der Waals surface area contributed by atoms with Gasteiger partial charge in [-0.2, -0.15) is 8.42 Å². The van der Waals surface area contributed by atoms with Gasteiger partial charge in [-0.1, -0.05) is 24.3 Å². The maximum atomic E-state index is 11.5. The molecule has 0 radical (unpaired) electrons. The van der Waals surface area contributed by atoms with Gasteiger partial charge in [-0.05, 0) is 42.9 Å². The molecule has 2 heterocycles. The Balaban J connectivity index is 1.25. The van der Waals surface area contributed by atoms with E-state index in [-0.39, 0.29) is 30.7 Å². The van der Waals surface area contributed by atoms with Crippen molar-refractivity contribution in [2.75, 3.05) is 51.5 Å².